The quantitative estimate of drug-likeness (QED) is 0.271. The number of aromatic nitrogens is 1. The number of aliphatic hydroxyl groups excluding tert-OH is 1. The maximum absolute atomic E-state index is 13.2. The van der Waals surface area contributed by atoms with Gasteiger partial charge in [-0.25, -0.2) is 8.42 Å². The Bertz CT molecular complexity index is 1790. The van der Waals surface area contributed by atoms with Gasteiger partial charge in [0.25, 0.3) is 15.9 Å². The number of aliphatic hydroxyl groups is 1. The molecule has 1 amide bonds. The molecule has 0 fully saturated rings. The van der Waals surface area contributed by atoms with Crippen molar-refractivity contribution in [1.29, 1.82) is 0 Å². The van der Waals surface area contributed by atoms with Gasteiger partial charge in [0.2, 0.25) is 5.88 Å². The highest BCUT2D eigenvalue weighted by Gasteiger charge is 2.40. The number of ether oxygens (including phenoxy) is 1. The molecule has 5 heterocycles. The van der Waals surface area contributed by atoms with Gasteiger partial charge in [-0.05, 0) is 41.8 Å². The van der Waals surface area contributed by atoms with Crippen molar-refractivity contribution in [3.05, 3.63) is 88.4 Å². The van der Waals surface area contributed by atoms with Gasteiger partial charge in [-0.15, -0.1) is 22.7 Å². The number of furan rings is 1. The van der Waals surface area contributed by atoms with E-state index in [-0.39, 0.29) is 21.5 Å². The summed E-state index contributed by atoms with van der Waals surface area (Å²) in [6, 6.07) is 19.7. The lowest BCUT2D eigenvalue weighted by Crippen LogP contribution is -2.36. The first kappa shape index (κ1) is 24.2. The fraction of sp³-hybridized carbons (Fsp3) is 0.0769. The molecular formula is C26H19N3O6S3. The standard InChI is InChI=1S/C26H19N3O6S3/c1-29-23(24(30)25-20(38(29,32)33)13-19(37-25)17-7-5-11-34-17)26(31)28-21-9-4-10-22(27-21)35-14-16-12-15-6-2-3-8-18(15)36-16/h2-13,30H,14H2,1H3,(H,27,28,31). The molecular weight excluding hydrogens is 547 g/mol. The van der Waals surface area contributed by atoms with E-state index in [9.17, 15) is 18.3 Å². The van der Waals surface area contributed by atoms with Crippen molar-refractivity contribution >= 4 is 60.3 Å². The number of benzene rings is 1. The van der Waals surface area contributed by atoms with E-state index >= 15 is 0 Å². The number of rotatable bonds is 6. The third-order valence-corrected chi connectivity index (χ3v) is 10.0. The van der Waals surface area contributed by atoms with Crippen LogP contribution in [-0.4, -0.2) is 35.8 Å². The minimum atomic E-state index is -4.09. The molecule has 1 aromatic carbocycles. The molecule has 6 rings (SSSR count). The van der Waals surface area contributed by atoms with Crippen LogP contribution in [0.5, 0.6) is 5.88 Å². The third-order valence-electron chi connectivity index (χ3n) is 5.87. The van der Waals surface area contributed by atoms with Crippen LogP contribution in [0.2, 0.25) is 0 Å². The second-order valence-electron chi connectivity index (χ2n) is 8.31. The summed E-state index contributed by atoms with van der Waals surface area (Å²) < 4.78 is 39.5. The molecule has 1 aliphatic heterocycles. The number of nitrogens with zero attached hydrogens (tertiary/aromatic N) is 2. The van der Waals surface area contributed by atoms with Gasteiger partial charge in [-0.2, -0.15) is 4.98 Å². The summed E-state index contributed by atoms with van der Waals surface area (Å²) in [7, 11) is -2.88. The number of anilines is 1. The summed E-state index contributed by atoms with van der Waals surface area (Å²) in [6.07, 6.45) is 1.47. The van der Waals surface area contributed by atoms with Crippen LogP contribution in [0.1, 0.15) is 9.75 Å². The average Bonchev–Trinajstić information content (AvgIpc) is 3.66. The van der Waals surface area contributed by atoms with Crippen molar-refractivity contribution in [3.63, 3.8) is 0 Å². The summed E-state index contributed by atoms with van der Waals surface area (Å²) in [5, 5.41) is 14.7. The Kier molecular flexibility index (Phi) is 5.94. The van der Waals surface area contributed by atoms with E-state index in [0.29, 0.717) is 17.2 Å². The number of hydrogen-bond donors (Lipinski definition) is 2. The summed E-state index contributed by atoms with van der Waals surface area (Å²) in [5.41, 5.74) is -0.413. The van der Waals surface area contributed by atoms with Crippen molar-refractivity contribution in [1.82, 2.24) is 9.29 Å². The van der Waals surface area contributed by atoms with Gasteiger partial charge < -0.3 is 19.6 Å². The molecule has 0 atom stereocenters. The van der Waals surface area contributed by atoms with E-state index < -0.39 is 27.4 Å². The van der Waals surface area contributed by atoms with Crippen LogP contribution in [0, 0.1) is 0 Å². The normalized spacial score (nSPS) is 14.5. The molecule has 0 unspecified atom stereocenters. The van der Waals surface area contributed by atoms with Gasteiger partial charge in [0, 0.05) is 22.7 Å². The maximum Gasteiger partial charge on any atom is 0.278 e. The number of fused-ring (bicyclic) bond motifs is 2. The first-order chi connectivity index (χ1) is 18.3. The minimum absolute atomic E-state index is 0.0630. The van der Waals surface area contributed by atoms with Crippen LogP contribution < -0.4 is 10.1 Å². The molecule has 0 saturated heterocycles. The van der Waals surface area contributed by atoms with Crippen molar-refractivity contribution in [2.75, 3.05) is 12.4 Å². The Morgan fingerprint density at radius 1 is 1.11 bits per heavy atom. The molecule has 0 radical (unpaired) electrons. The van der Waals surface area contributed by atoms with Crippen LogP contribution in [0.25, 0.3) is 26.5 Å². The first-order valence-corrected chi connectivity index (χ1v) is 14.4. The number of carbonyl (C=O) groups is 1. The molecule has 5 aromatic rings. The lowest BCUT2D eigenvalue weighted by Gasteiger charge is -2.26. The molecule has 0 aliphatic carbocycles. The summed E-state index contributed by atoms with van der Waals surface area (Å²) in [4.78, 5) is 19.0. The SMILES string of the molecule is CN1C(C(=O)Nc2cccc(OCc3cc4ccccc4s3)n2)=C(O)c2sc(-c3ccco3)cc2S1(=O)=O. The first-order valence-electron chi connectivity index (χ1n) is 11.3. The van der Waals surface area contributed by atoms with Gasteiger partial charge in [0.05, 0.1) is 16.0 Å². The lowest BCUT2D eigenvalue weighted by molar-refractivity contribution is -0.113. The minimum Gasteiger partial charge on any atom is -0.504 e. The smallest absolute Gasteiger partial charge is 0.278 e. The molecule has 2 N–H and O–H groups in total. The van der Waals surface area contributed by atoms with Gasteiger partial charge in [-0.3, -0.25) is 9.10 Å². The van der Waals surface area contributed by atoms with Crippen molar-refractivity contribution in [3.8, 4) is 16.5 Å². The van der Waals surface area contributed by atoms with Crippen molar-refractivity contribution in [2.24, 2.45) is 0 Å². The van der Waals surface area contributed by atoms with Crippen LogP contribution in [0.4, 0.5) is 5.82 Å². The molecule has 192 valence electrons. The van der Waals surface area contributed by atoms with E-state index in [1.54, 1.807) is 41.7 Å². The summed E-state index contributed by atoms with van der Waals surface area (Å²) >= 11 is 2.64. The predicted molar refractivity (Wildman–Crippen MR) is 146 cm³/mol. The largest absolute Gasteiger partial charge is 0.504 e. The Balaban J connectivity index is 1.24. The highest BCUT2D eigenvalue weighted by atomic mass is 32.2. The fourth-order valence-corrected chi connectivity index (χ4v) is 7.80. The zero-order valence-electron chi connectivity index (χ0n) is 19.7. The molecule has 1 aliphatic rings. The monoisotopic (exact) mass is 565 g/mol. The van der Waals surface area contributed by atoms with Crippen LogP contribution in [0.3, 0.4) is 0 Å². The van der Waals surface area contributed by atoms with Gasteiger partial charge in [0.15, 0.2) is 11.5 Å². The maximum atomic E-state index is 13.2. The lowest BCUT2D eigenvalue weighted by atomic mass is 10.2. The summed E-state index contributed by atoms with van der Waals surface area (Å²) in [5.74, 6) is -0.399. The van der Waals surface area contributed by atoms with E-state index in [1.807, 2.05) is 24.3 Å². The second-order valence-corrected chi connectivity index (χ2v) is 12.5. The zero-order chi connectivity index (χ0) is 26.4. The van der Waals surface area contributed by atoms with Crippen LogP contribution in [-0.2, 0) is 21.4 Å². The number of amides is 1. The van der Waals surface area contributed by atoms with E-state index in [2.05, 4.69) is 16.4 Å². The molecule has 0 spiro atoms. The average molecular weight is 566 g/mol. The molecule has 12 heteroatoms. The number of hydrogen-bond acceptors (Lipinski definition) is 9. The second kappa shape index (κ2) is 9.31. The molecule has 9 nitrogen and oxygen atoms in total. The Morgan fingerprint density at radius 2 is 1.95 bits per heavy atom. The van der Waals surface area contributed by atoms with Gasteiger partial charge >= 0.3 is 0 Å². The zero-order valence-corrected chi connectivity index (χ0v) is 22.2. The molecule has 38 heavy (non-hydrogen) atoms. The summed E-state index contributed by atoms with van der Waals surface area (Å²) in [6.45, 7) is 0.301. The Hall–Kier alpha value is -4.13. The van der Waals surface area contributed by atoms with Crippen LogP contribution >= 0.6 is 22.7 Å². The third kappa shape index (κ3) is 4.22. The fourth-order valence-electron chi connectivity index (χ4n) is 4.04. The topological polar surface area (TPSA) is 122 Å². The predicted octanol–water partition coefficient (Wildman–Crippen LogP) is 5.70. The molecule has 0 saturated carbocycles. The number of carbonyl (C=O) groups excluding carboxylic acids is 1. The molecule has 0 bridgehead atoms. The van der Waals surface area contributed by atoms with Crippen molar-refractivity contribution in [2.45, 2.75) is 11.5 Å². The van der Waals surface area contributed by atoms with Crippen molar-refractivity contribution < 1.29 is 27.5 Å². The van der Waals surface area contributed by atoms with Gasteiger partial charge in [-0.1, -0.05) is 24.3 Å². The number of pyridine rings is 1. The molecule has 4 aromatic heterocycles. The highest BCUT2D eigenvalue weighted by Crippen LogP contribution is 2.43. The number of likely N-dealkylation sites (N-methyl/N-ethyl adjacent to an activating group) is 1. The highest BCUT2D eigenvalue weighted by molar-refractivity contribution is 7.89. The Labute approximate surface area is 225 Å². The van der Waals surface area contributed by atoms with Crippen LogP contribution in [0.15, 0.2) is 88.0 Å². The van der Waals surface area contributed by atoms with E-state index in [4.69, 9.17) is 9.15 Å². The van der Waals surface area contributed by atoms with Gasteiger partial charge in [0.1, 0.15) is 23.1 Å². The Morgan fingerprint density at radius 3 is 2.74 bits per heavy atom. The number of sulfonamides is 1. The van der Waals surface area contributed by atoms with E-state index in [0.717, 1.165) is 30.6 Å². The van der Waals surface area contributed by atoms with E-state index in [1.165, 1.54) is 19.4 Å². The number of thiophene rings is 2. The number of nitrogens with one attached hydrogen (secondary N) is 1.